The normalized spacial score (nSPS) is 11.2. The third-order valence-electron chi connectivity index (χ3n) is 3.26. The highest BCUT2D eigenvalue weighted by atomic mass is 79.9. The molecule has 0 radical (unpaired) electrons. The van der Waals surface area contributed by atoms with Gasteiger partial charge in [0.05, 0.1) is 4.92 Å². The summed E-state index contributed by atoms with van der Waals surface area (Å²) in [6, 6.07) is 4.97. The van der Waals surface area contributed by atoms with Gasteiger partial charge in [0.2, 0.25) is 0 Å². The molecule has 0 aliphatic rings. The molecule has 7 nitrogen and oxygen atoms in total. The van der Waals surface area contributed by atoms with E-state index in [0.29, 0.717) is 36.2 Å². The minimum absolute atomic E-state index is 0.0689. The third kappa shape index (κ3) is 7.83. The number of benzene rings is 1. The molecule has 0 heterocycles. The quantitative estimate of drug-likeness (QED) is 0.392. The minimum Gasteiger partial charge on any atom is -0.444 e. The highest BCUT2D eigenvalue weighted by Gasteiger charge is 2.21. The second-order valence-electron chi connectivity index (χ2n) is 6.67. The number of amides is 1. The number of nitrogens with one attached hydrogen (secondary N) is 1. The summed E-state index contributed by atoms with van der Waals surface area (Å²) in [7, 11) is 0. The fraction of sp³-hybridized carbons (Fsp3) is 0.588. The molecule has 140 valence electrons. The van der Waals surface area contributed by atoms with Crippen molar-refractivity contribution in [2.75, 3.05) is 19.6 Å². The Morgan fingerprint density at radius 2 is 2.04 bits per heavy atom. The van der Waals surface area contributed by atoms with E-state index >= 15 is 0 Å². The number of rotatable bonds is 8. The Labute approximate surface area is 157 Å². The van der Waals surface area contributed by atoms with E-state index in [-0.39, 0.29) is 11.8 Å². The van der Waals surface area contributed by atoms with Crippen molar-refractivity contribution in [3.8, 4) is 0 Å². The summed E-state index contributed by atoms with van der Waals surface area (Å²) in [6.45, 7) is 9.46. The van der Waals surface area contributed by atoms with Crippen LogP contribution < -0.4 is 5.32 Å². The number of halogens is 1. The maximum Gasteiger partial charge on any atom is 0.410 e. The van der Waals surface area contributed by atoms with Gasteiger partial charge in [-0.25, -0.2) is 4.79 Å². The Balaban J connectivity index is 2.57. The van der Waals surface area contributed by atoms with Crippen molar-refractivity contribution < 1.29 is 14.5 Å². The first-order chi connectivity index (χ1) is 11.6. The van der Waals surface area contributed by atoms with Gasteiger partial charge in [0.25, 0.3) is 5.69 Å². The van der Waals surface area contributed by atoms with Gasteiger partial charge in [0.1, 0.15) is 5.60 Å². The van der Waals surface area contributed by atoms with Gasteiger partial charge >= 0.3 is 6.09 Å². The Morgan fingerprint density at radius 1 is 1.36 bits per heavy atom. The van der Waals surface area contributed by atoms with Gasteiger partial charge in [0.15, 0.2) is 0 Å². The van der Waals surface area contributed by atoms with Crippen molar-refractivity contribution in [3.05, 3.63) is 38.3 Å². The second-order valence-corrected chi connectivity index (χ2v) is 7.59. The molecule has 0 fully saturated rings. The molecule has 1 rings (SSSR count). The van der Waals surface area contributed by atoms with Gasteiger partial charge in [-0.2, -0.15) is 0 Å². The standard InChI is InChI=1S/C17H26BrN3O4/c1-5-9-20(16(22)25-17(2,3)4)10-8-19-12-13-6-7-14(18)11-15(13)21(23)24/h6-7,11,19H,5,8-10,12H2,1-4H3. The summed E-state index contributed by atoms with van der Waals surface area (Å²) in [6.07, 6.45) is 0.489. The fourth-order valence-corrected chi connectivity index (χ4v) is 2.53. The van der Waals surface area contributed by atoms with Gasteiger partial charge in [-0.05, 0) is 39.3 Å². The molecule has 0 aromatic heterocycles. The van der Waals surface area contributed by atoms with Crippen molar-refractivity contribution in [3.63, 3.8) is 0 Å². The lowest BCUT2D eigenvalue weighted by molar-refractivity contribution is -0.385. The number of nitro groups is 1. The summed E-state index contributed by atoms with van der Waals surface area (Å²) >= 11 is 3.24. The van der Waals surface area contributed by atoms with Crippen LogP contribution in [0, 0.1) is 10.1 Å². The number of carbonyl (C=O) groups is 1. The molecular formula is C17H26BrN3O4. The van der Waals surface area contributed by atoms with Crippen LogP contribution in [-0.4, -0.2) is 41.2 Å². The van der Waals surface area contributed by atoms with E-state index in [1.165, 1.54) is 6.07 Å². The van der Waals surface area contributed by atoms with Gasteiger partial charge < -0.3 is 15.0 Å². The highest BCUT2D eigenvalue weighted by molar-refractivity contribution is 9.10. The summed E-state index contributed by atoms with van der Waals surface area (Å²) in [5.41, 5.74) is 0.140. The van der Waals surface area contributed by atoms with Crippen LogP contribution in [0.1, 0.15) is 39.7 Å². The largest absolute Gasteiger partial charge is 0.444 e. The molecule has 0 aliphatic heterocycles. The monoisotopic (exact) mass is 415 g/mol. The fourth-order valence-electron chi connectivity index (χ4n) is 2.18. The third-order valence-corrected chi connectivity index (χ3v) is 3.76. The van der Waals surface area contributed by atoms with E-state index < -0.39 is 10.5 Å². The molecule has 1 aromatic rings. The SMILES string of the molecule is CCCN(CCNCc1ccc(Br)cc1[N+](=O)[O-])C(=O)OC(C)(C)C. The molecule has 0 unspecified atom stereocenters. The summed E-state index contributed by atoms with van der Waals surface area (Å²) < 4.78 is 6.06. The van der Waals surface area contributed by atoms with Crippen LogP contribution in [0.25, 0.3) is 0 Å². The van der Waals surface area contributed by atoms with Crippen molar-refractivity contribution >= 4 is 27.7 Å². The van der Waals surface area contributed by atoms with Crippen molar-refractivity contribution in [1.29, 1.82) is 0 Å². The average molecular weight is 416 g/mol. The maximum atomic E-state index is 12.2. The van der Waals surface area contributed by atoms with Crippen LogP contribution in [0.3, 0.4) is 0 Å². The molecule has 0 aliphatic carbocycles. The van der Waals surface area contributed by atoms with Crippen LogP contribution >= 0.6 is 15.9 Å². The van der Waals surface area contributed by atoms with E-state index in [2.05, 4.69) is 21.2 Å². The molecule has 1 amide bonds. The number of hydrogen-bond donors (Lipinski definition) is 1. The Hall–Kier alpha value is -1.67. The lowest BCUT2D eigenvalue weighted by Crippen LogP contribution is -2.40. The second kappa shape index (κ2) is 9.72. The highest BCUT2D eigenvalue weighted by Crippen LogP contribution is 2.23. The van der Waals surface area contributed by atoms with Crippen LogP contribution in [-0.2, 0) is 11.3 Å². The van der Waals surface area contributed by atoms with Crippen LogP contribution in [0.15, 0.2) is 22.7 Å². The molecule has 0 atom stereocenters. The van der Waals surface area contributed by atoms with Gasteiger partial charge in [-0.15, -0.1) is 0 Å². The Kier molecular flexibility index (Phi) is 8.31. The molecule has 0 saturated heterocycles. The molecule has 0 spiro atoms. The maximum absolute atomic E-state index is 12.2. The summed E-state index contributed by atoms with van der Waals surface area (Å²) in [5.74, 6) is 0. The summed E-state index contributed by atoms with van der Waals surface area (Å²) in [5, 5.41) is 14.3. The number of carbonyl (C=O) groups excluding carboxylic acids is 1. The summed E-state index contributed by atoms with van der Waals surface area (Å²) in [4.78, 5) is 24.5. The van der Waals surface area contributed by atoms with E-state index in [9.17, 15) is 14.9 Å². The lowest BCUT2D eigenvalue weighted by atomic mass is 10.2. The Morgan fingerprint density at radius 3 is 2.60 bits per heavy atom. The van der Waals surface area contributed by atoms with Crippen molar-refractivity contribution in [1.82, 2.24) is 10.2 Å². The first-order valence-corrected chi connectivity index (χ1v) is 9.04. The van der Waals surface area contributed by atoms with Crippen LogP contribution in [0.2, 0.25) is 0 Å². The number of nitrogens with zero attached hydrogens (tertiary/aromatic N) is 2. The van der Waals surface area contributed by atoms with Crippen molar-refractivity contribution in [2.24, 2.45) is 0 Å². The minimum atomic E-state index is -0.533. The predicted molar refractivity (Wildman–Crippen MR) is 101 cm³/mol. The van der Waals surface area contributed by atoms with Gasteiger partial charge in [-0.3, -0.25) is 10.1 Å². The van der Waals surface area contributed by atoms with Crippen LogP contribution in [0.5, 0.6) is 0 Å². The molecule has 0 saturated carbocycles. The van der Waals surface area contributed by atoms with E-state index in [1.807, 2.05) is 27.7 Å². The molecule has 0 bridgehead atoms. The zero-order valence-electron chi connectivity index (χ0n) is 15.2. The molecule has 25 heavy (non-hydrogen) atoms. The Bertz CT molecular complexity index is 602. The van der Waals surface area contributed by atoms with Crippen molar-refractivity contribution in [2.45, 2.75) is 46.3 Å². The lowest BCUT2D eigenvalue weighted by Gasteiger charge is -2.27. The molecule has 8 heteroatoms. The number of nitro benzene ring substituents is 1. The van der Waals surface area contributed by atoms with Gasteiger partial charge in [0, 0.05) is 42.3 Å². The molecule has 1 aromatic carbocycles. The number of ether oxygens (including phenoxy) is 1. The van der Waals surface area contributed by atoms with Gasteiger partial charge in [-0.1, -0.05) is 22.9 Å². The zero-order valence-corrected chi connectivity index (χ0v) is 16.8. The topological polar surface area (TPSA) is 84.7 Å². The first-order valence-electron chi connectivity index (χ1n) is 8.25. The van der Waals surface area contributed by atoms with E-state index in [0.717, 1.165) is 6.42 Å². The average Bonchev–Trinajstić information content (AvgIpc) is 2.49. The first kappa shape index (κ1) is 21.4. The molecule has 1 N–H and O–H groups in total. The molecular weight excluding hydrogens is 390 g/mol. The van der Waals surface area contributed by atoms with E-state index in [1.54, 1.807) is 17.0 Å². The number of hydrogen-bond acceptors (Lipinski definition) is 5. The predicted octanol–water partition coefficient (Wildman–Crippen LogP) is 4.09. The van der Waals surface area contributed by atoms with Crippen LogP contribution in [0.4, 0.5) is 10.5 Å². The zero-order chi connectivity index (χ0) is 19.0. The van der Waals surface area contributed by atoms with E-state index in [4.69, 9.17) is 4.74 Å². The smallest absolute Gasteiger partial charge is 0.410 e.